The highest BCUT2D eigenvalue weighted by Gasteiger charge is 2.53. The molecule has 10 nitrogen and oxygen atoms in total. The van der Waals surface area contributed by atoms with E-state index in [0.717, 1.165) is 12.8 Å². The Labute approximate surface area is 287 Å². The van der Waals surface area contributed by atoms with E-state index < -0.39 is 23.3 Å². The van der Waals surface area contributed by atoms with Crippen molar-refractivity contribution in [3.05, 3.63) is 47.7 Å². The van der Waals surface area contributed by atoms with Gasteiger partial charge in [0.1, 0.15) is 41.4 Å². The smallest absolute Gasteiger partial charge is 0.319 e. The van der Waals surface area contributed by atoms with Crippen LogP contribution in [0.4, 0.5) is 19.0 Å². The van der Waals surface area contributed by atoms with E-state index in [-0.39, 0.29) is 70.7 Å². The number of terminal acetylenes is 1. The van der Waals surface area contributed by atoms with Crippen LogP contribution in [0.25, 0.3) is 32.9 Å². The molecule has 2 aromatic heterocycles. The summed E-state index contributed by atoms with van der Waals surface area (Å²) in [6.45, 7) is 5.74. The minimum Gasteiger partial charge on any atom is -0.508 e. The average molecular weight is 689 g/mol. The highest BCUT2D eigenvalue weighted by atomic mass is 19.1. The summed E-state index contributed by atoms with van der Waals surface area (Å²) in [4.78, 5) is 18.1. The van der Waals surface area contributed by atoms with Crippen LogP contribution in [-0.4, -0.2) is 107 Å². The van der Waals surface area contributed by atoms with E-state index in [1.165, 1.54) is 30.5 Å². The molecule has 8 rings (SSSR count). The van der Waals surface area contributed by atoms with Gasteiger partial charge in [0.15, 0.2) is 5.82 Å². The van der Waals surface area contributed by atoms with Gasteiger partial charge in [0.25, 0.3) is 0 Å². The van der Waals surface area contributed by atoms with E-state index in [1.807, 2.05) is 0 Å². The molecular weight excluding hydrogens is 649 g/mol. The first-order valence-corrected chi connectivity index (χ1v) is 17.3. The van der Waals surface area contributed by atoms with Crippen LogP contribution in [0.5, 0.6) is 11.8 Å². The lowest BCUT2D eigenvalue weighted by Crippen LogP contribution is -2.58. The summed E-state index contributed by atoms with van der Waals surface area (Å²) >= 11 is 0. The molecule has 4 aromatic rings. The maximum Gasteiger partial charge on any atom is 0.319 e. The highest BCUT2D eigenvalue weighted by molar-refractivity contribution is 6.03. The average Bonchev–Trinajstić information content (AvgIpc) is 3.59. The molecule has 0 amide bonds. The summed E-state index contributed by atoms with van der Waals surface area (Å²) in [6.07, 6.45) is 8.59. The van der Waals surface area contributed by atoms with Crippen molar-refractivity contribution in [2.24, 2.45) is 0 Å². The zero-order valence-corrected chi connectivity index (χ0v) is 27.8. The second-order valence-corrected chi connectivity index (χ2v) is 13.9. The number of piperazine rings is 1. The molecule has 0 saturated carbocycles. The van der Waals surface area contributed by atoms with Gasteiger partial charge in [-0.15, -0.1) is 6.42 Å². The van der Waals surface area contributed by atoms with Crippen molar-refractivity contribution in [2.45, 2.75) is 62.5 Å². The van der Waals surface area contributed by atoms with E-state index in [9.17, 15) is 13.9 Å². The predicted molar refractivity (Wildman–Crippen MR) is 182 cm³/mol. The number of hydrogen-bond donors (Lipinski definition) is 2. The third-order valence-electron chi connectivity index (χ3n) is 10.5. The Morgan fingerprint density at radius 1 is 1.12 bits per heavy atom. The Balaban J connectivity index is 1.28. The summed E-state index contributed by atoms with van der Waals surface area (Å²) in [6, 6.07) is 5.46. The molecule has 13 heteroatoms. The van der Waals surface area contributed by atoms with Gasteiger partial charge in [0.2, 0.25) is 0 Å². The fourth-order valence-corrected chi connectivity index (χ4v) is 8.24. The van der Waals surface area contributed by atoms with Crippen LogP contribution in [0, 0.1) is 24.0 Å². The van der Waals surface area contributed by atoms with Gasteiger partial charge in [-0.3, -0.25) is 9.88 Å². The summed E-state index contributed by atoms with van der Waals surface area (Å²) in [5.74, 6) is 1.21. The molecule has 1 spiro atoms. The van der Waals surface area contributed by atoms with E-state index >= 15 is 4.39 Å². The Kier molecular flexibility index (Phi) is 8.67. The molecule has 3 saturated heterocycles. The molecule has 6 bridgehead atoms. The molecule has 0 radical (unpaired) electrons. The Hall–Kier alpha value is -4.22. The molecule has 2 aromatic carbocycles. The summed E-state index contributed by atoms with van der Waals surface area (Å²) < 4.78 is 65.4. The lowest BCUT2D eigenvalue weighted by molar-refractivity contribution is 0.0306. The Morgan fingerprint density at radius 3 is 2.84 bits per heavy atom. The lowest BCUT2D eigenvalue weighted by Gasteiger charge is -2.39. The molecule has 4 aliphatic heterocycles. The second-order valence-electron chi connectivity index (χ2n) is 13.9. The molecular formula is C37H39F3N6O4. The summed E-state index contributed by atoms with van der Waals surface area (Å²) in [5, 5.41) is 15.3. The van der Waals surface area contributed by atoms with Crippen LogP contribution in [0.15, 0.2) is 30.5 Å². The summed E-state index contributed by atoms with van der Waals surface area (Å²) in [7, 11) is 0. The maximum absolute atomic E-state index is 17.0. The Morgan fingerprint density at radius 2 is 2.00 bits per heavy atom. The van der Waals surface area contributed by atoms with Crippen molar-refractivity contribution in [1.82, 2.24) is 25.2 Å². The number of aromatic nitrogens is 3. The van der Waals surface area contributed by atoms with Crippen molar-refractivity contribution in [1.29, 1.82) is 0 Å². The molecule has 3 fully saturated rings. The molecule has 5 atom stereocenters. The number of pyridine rings is 1. The highest BCUT2D eigenvalue weighted by Crippen LogP contribution is 2.43. The van der Waals surface area contributed by atoms with Crippen molar-refractivity contribution in [3.63, 3.8) is 0 Å². The van der Waals surface area contributed by atoms with E-state index in [0.29, 0.717) is 69.0 Å². The standard InChI is InChI=1S/C37H39F3N6O4/c1-3-23-16-45-17-24(42-23)19-48-8-5-9-49-26-13-37(12-22(38)15-46(37)18-26)20-50-36-43-34-29(35(45)44-36)14-41-33(32(34)40)28-11-25(47)10-21-6-7-30(39)27(4-2)31(21)28/h2,6-7,10-11,14,22-24,26,42,47H,3,5,8-9,12-13,15-20H2,1H3/t22-,23+,24?,26-,37-/m1/s1. The summed E-state index contributed by atoms with van der Waals surface area (Å²) in [5.41, 5.74) is -0.779. The van der Waals surface area contributed by atoms with E-state index in [4.69, 9.17) is 25.6 Å². The van der Waals surface area contributed by atoms with Crippen molar-refractivity contribution in [3.8, 4) is 35.4 Å². The molecule has 262 valence electrons. The van der Waals surface area contributed by atoms with Gasteiger partial charge in [-0.05, 0) is 42.8 Å². The predicted octanol–water partition coefficient (Wildman–Crippen LogP) is 4.74. The van der Waals surface area contributed by atoms with Gasteiger partial charge in [-0.2, -0.15) is 9.97 Å². The monoisotopic (exact) mass is 688 g/mol. The SMILES string of the molecule is C#Cc1c(F)ccc2cc(O)cc(-c3ncc4c5nc(nc4c3F)OC[C@]34C[C@@H](F)CN3C[C@@H](C4)OCCCOCC3CN5C[C@H](CC)N3)c12. The molecule has 1 unspecified atom stereocenters. The third kappa shape index (κ3) is 5.88. The molecule has 6 heterocycles. The molecule has 2 N–H and O–H groups in total. The number of nitrogens with zero attached hydrogens (tertiary/aromatic N) is 5. The fraction of sp³-hybridized carbons (Fsp3) is 0.486. The minimum atomic E-state index is -1.00. The van der Waals surface area contributed by atoms with Crippen LogP contribution in [-0.2, 0) is 9.47 Å². The number of rotatable bonds is 2. The van der Waals surface area contributed by atoms with Crippen LogP contribution in [0.3, 0.4) is 0 Å². The number of phenols is 1. The fourth-order valence-electron chi connectivity index (χ4n) is 8.24. The topological polar surface area (TPSA) is 105 Å². The zero-order valence-electron chi connectivity index (χ0n) is 27.8. The van der Waals surface area contributed by atoms with Crippen LogP contribution < -0.4 is 15.0 Å². The normalized spacial score (nSPS) is 27.5. The zero-order chi connectivity index (χ0) is 34.6. The Bertz CT molecular complexity index is 1990. The number of phenolic OH excluding ortho intramolecular Hbond substituents is 1. The largest absolute Gasteiger partial charge is 0.508 e. The lowest BCUT2D eigenvalue weighted by atomic mass is 9.94. The van der Waals surface area contributed by atoms with Gasteiger partial charge < -0.3 is 29.5 Å². The third-order valence-corrected chi connectivity index (χ3v) is 10.5. The van der Waals surface area contributed by atoms with Crippen LogP contribution in [0.2, 0.25) is 0 Å². The number of alkyl halides is 1. The number of fused-ring (bicyclic) bond motifs is 9. The number of halogens is 3. The van der Waals surface area contributed by atoms with Crippen molar-refractivity contribution < 1.29 is 32.5 Å². The van der Waals surface area contributed by atoms with Gasteiger partial charge in [0.05, 0.1) is 29.2 Å². The number of anilines is 1. The number of aromatic hydroxyl groups is 1. The van der Waals surface area contributed by atoms with Gasteiger partial charge in [0, 0.05) is 75.0 Å². The van der Waals surface area contributed by atoms with Crippen LogP contribution in [0.1, 0.15) is 38.2 Å². The van der Waals surface area contributed by atoms with E-state index in [2.05, 4.69) is 37.9 Å². The van der Waals surface area contributed by atoms with Gasteiger partial charge in [-0.1, -0.05) is 18.9 Å². The first-order chi connectivity index (χ1) is 24.2. The quantitative estimate of drug-likeness (QED) is 0.287. The minimum absolute atomic E-state index is 0.0315. The second kappa shape index (κ2) is 13.2. The number of hydrogen-bond acceptors (Lipinski definition) is 10. The number of ether oxygens (including phenoxy) is 3. The number of benzene rings is 2. The van der Waals surface area contributed by atoms with E-state index in [1.54, 1.807) is 0 Å². The molecule has 4 aliphatic rings. The van der Waals surface area contributed by atoms with Crippen molar-refractivity contribution >= 4 is 27.5 Å². The first-order valence-electron chi connectivity index (χ1n) is 17.3. The number of nitrogens with one attached hydrogen (secondary N) is 1. The van der Waals surface area contributed by atoms with Gasteiger partial charge in [-0.25, -0.2) is 13.2 Å². The molecule has 0 aliphatic carbocycles. The van der Waals surface area contributed by atoms with Crippen LogP contribution >= 0.6 is 0 Å². The van der Waals surface area contributed by atoms with Crippen molar-refractivity contribution in [2.75, 3.05) is 57.5 Å². The molecule has 50 heavy (non-hydrogen) atoms. The first kappa shape index (κ1) is 33.0. The van der Waals surface area contributed by atoms with Gasteiger partial charge >= 0.3 is 6.01 Å². The maximum atomic E-state index is 17.0.